The smallest absolute Gasteiger partial charge is 0.117 e. The molecule has 15 heavy (non-hydrogen) atoms. The van der Waals surface area contributed by atoms with Gasteiger partial charge in [0.05, 0.1) is 12.8 Å². The van der Waals surface area contributed by atoms with Crippen LogP contribution in [-0.2, 0) is 11.3 Å². The Morgan fingerprint density at radius 1 is 1.40 bits per heavy atom. The van der Waals surface area contributed by atoms with Crippen LogP contribution in [0.5, 0.6) is 0 Å². The van der Waals surface area contributed by atoms with E-state index < -0.39 is 0 Å². The van der Waals surface area contributed by atoms with Crippen molar-refractivity contribution in [2.75, 3.05) is 19.8 Å². The van der Waals surface area contributed by atoms with E-state index in [9.17, 15) is 0 Å². The average molecular weight is 210 g/mol. The number of hydrogen-bond donors (Lipinski definition) is 2. The van der Waals surface area contributed by atoms with Gasteiger partial charge >= 0.3 is 0 Å². The zero-order valence-electron chi connectivity index (χ0n) is 8.87. The van der Waals surface area contributed by atoms with Crippen LogP contribution in [-0.4, -0.2) is 25.3 Å². The summed E-state index contributed by atoms with van der Waals surface area (Å²) in [6.07, 6.45) is 3.54. The van der Waals surface area contributed by atoms with Crippen LogP contribution < -0.4 is 11.1 Å². The van der Waals surface area contributed by atoms with Crippen LogP contribution in [0.4, 0.5) is 0 Å². The number of nitrogens with two attached hydrogens (primary N) is 1. The van der Waals surface area contributed by atoms with E-state index in [1.165, 1.54) is 0 Å². The van der Waals surface area contributed by atoms with Gasteiger partial charge in [-0.25, -0.2) is 0 Å². The predicted octanol–water partition coefficient (Wildman–Crippen LogP) is 0.877. The molecule has 1 aromatic rings. The number of ether oxygens (including phenoxy) is 1. The van der Waals surface area contributed by atoms with Gasteiger partial charge in [-0.15, -0.1) is 0 Å². The van der Waals surface area contributed by atoms with E-state index in [4.69, 9.17) is 14.9 Å². The highest BCUT2D eigenvalue weighted by molar-refractivity contribution is 4.98. The normalized spacial score (nSPS) is 20.3. The van der Waals surface area contributed by atoms with Crippen LogP contribution in [0, 0.1) is 0 Å². The monoisotopic (exact) mass is 210 g/mol. The van der Waals surface area contributed by atoms with Crippen molar-refractivity contribution in [3.63, 3.8) is 0 Å². The van der Waals surface area contributed by atoms with Gasteiger partial charge in [0.2, 0.25) is 0 Å². The van der Waals surface area contributed by atoms with Crippen LogP contribution >= 0.6 is 0 Å². The second kappa shape index (κ2) is 4.79. The third kappa shape index (κ3) is 3.06. The molecule has 0 spiro atoms. The van der Waals surface area contributed by atoms with E-state index in [2.05, 4.69) is 5.32 Å². The molecule has 4 heteroatoms. The Morgan fingerprint density at radius 2 is 2.20 bits per heavy atom. The lowest BCUT2D eigenvalue weighted by Crippen LogP contribution is -2.52. The first-order valence-electron chi connectivity index (χ1n) is 5.38. The lowest BCUT2D eigenvalue weighted by molar-refractivity contribution is 0.0529. The molecule has 2 heterocycles. The molecule has 0 radical (unpaired) electrons. The van der Waals surface area contributed by atoms with Crippen molar-refractivity contribution >= 4 is 0 Å². The Hall–Kier alpha value is -0.840. The highest BCUT2D eigenvalue weighted by atomic mass is 16.5. The Labute approximate surface area is 89.8 Å². The second-order valence-corrected chi connectivity index (χ2v) is 4.16. The van der Waals surface area contributed by atoms with Crippen molar-refractivity contribution in [3.05, 3.63) is 24.2 Å². The quantitative estimate of drug-likeness (QED) is 0.774. The van der Waals surface area contributed by atoms with Gasteiger partial charge in [-0.2, -0.15) is 0 Å². The van der Waals surface area contributed by atoms with E-state index in [0.29, 0.717) is 0 Å². The van der Waals surface area contributed by atoms with Crippen molar-refractivity contribution in [3.8, 4) is 0 Å². The number of furan rings is 1. The number of hydrogen-bond acceptors (Lipinski definition) is 4. The summed E-state index contributed by atoms with van der Waals surface area (Å²) in [5.41, 5.74) is 6.12. The molecule has 2 rings (SSSR count). The maximum Gasteiger partial charge on any atom is 0.117 e. The van der Waals surface area contributed by atoms with Crippen LogP contribution in [0.15, 0.2) is 22.8 Å². The second-order valence-electron chi connectivity index (χ2n) is 4.16. The molecular formula is C11H18N2O2. The molecule has 0 aromatic carbocycles. The third-order valence-corrected chi connectivity index (χ3v) is 2.84. The van der Waals surface area contributed by atoms with E-state index in [1.54, 1.807) is 6.26 Å². The van der Waals surface area contributed by atoms with Crippen molar-refractivity contribution in [2.45, 2.75) is 24.9 Å². The van der Waals surface area contributed by atoms with Gasteiger partial charge in [-0.1, -0.05) is 0 Å². The highest BCUT2D eigenvalue weighted by Crippen LogP contribution is 2.16. The molecule has 0 aliphatic carbocycles. The molecular weight excluding hydrogens is 192 g/mol. The summed E-state index contributed by atoms with van der Waals surface area (Å²) in [5.74, 6) is 0.950. The SMILES string of the molecule is NC1(CNCc2ccco2)CCOCC1. The van der Waals surface area contributed by atoms with Crippen molar-refractivity contribution in [1.29, 1.82) is 0 Å². The third-order valence-electron chi connectivity index (χ3n) is 2.84. The van der Waals surface area contributed by atoms with E-state index in [1.807, 2.05) is 12.1 Å². The standard InChI is InChI=1S/C11H18N2O2/c12-11(3-6-14-7-4-11)9-13-8-10-2-1-5-15-10/h1-2,5,13H,3-4,6-9,12H2. The average Bonchev–Trinajstić information content (AvgIpc) is 2.71. The molecule has 4 nitrogen and oxygen atoms in total. The topological polar surface area (TPSA) is 60.4 Å². The molecule has 0 unspecified atom stereocenters. The van der Waals surface area contributed by atoms with Gasteiger partial charge in [0, 0.05) is 25.3 Å². The van der Waals surface area contributed by atoms with E-state index in [-0.39, 0.29) is 5.54 Å². The fraction of sp³-hybridized carbons (Fsp3) is 0.636. The first kappa shape index (κ1) is 10.7. The lowest BCUT2D eigenvalue weighted by Gasteiger charge is -2.33. The summed E-state index contributed by atoms with van der Waals surface area (Å²) < 4.78 is 10.5. The molecule has 1 aliphatic rings. The summed E-state index contributed by atoms with van der Waals surface area (Å²) in [4.78, 5) is 0. The first-order valence-corrected chi connectivity index (χ1v) is 5.38. The van der Waals surface area contributed by atoms with Crippen molar-refractivity contribution in [1.82, 2.24) is 5.32 Å². The Balaban J connectivity index is 1.72. The fourth-order valence-corrected chi connectivity index (χ4v) is 1.80. The van der Waals surface area contributed by atoms with Crippen molar-refractivity contribution in [2.24, 2.45) is 5.73 Å². The van der Waals surface area contributed by atoms with Gasteiger partial charge < -0.3 is 20.2 Å². The Morgan fingerprint density at radius 3 is 2.87 bits per heavy atom. The largest absolute Gasteiger partial charge is 0.468 e. The molecule has 1 aromatic heterocycles. The predicted molar refractivity (Wildman–Crippen MR) is 57.4 cm³/mol. The molecule has 0 amide bonds. The lowest BCUT2D eigenvalue weighted by atomic mass is 9.91. The first-order chi connectivity index (χ1) is 7.29. The Kier molecular flexibility index (Phi) is 3.41. The fourth-order valence-electron chi connectivity index (χ4n) is 1.80. The maximum absolute atomic E-state index is 6.23. The minimum Gasteiger partial charge on any atom is -0.468 e. The van der Waals surface area contributed by atoms with Crippen molar-refractivity contribution < 1.29 is 9.15 Å². The maximum atomic E-state index is 6.23. The van der Waals surface area contributed by atoms with Gasteiger partial charge in [-0.3, -0.25) is 0 Å². The van der Waals surface area contributed by atoms with Crippen LogP contribution in [0.25, 0.3) is 0 Å². The number of nitrogens with one attached hydrogen (secondary N) is 1. The zero-order valence-corrected chi connectivity index (χ0v) is 8.87. The van der Waals surface area contributed by atoms with E-state index in [0.717, 1.165) is 44.9 Å². The number of rotatable bonds is 4. The van der Waals surface area contributed by atoms with Crippen LogP contribution in [0.2, 0.25) is 0 Å². The molecule has 0 saturated carbocycles. The molecule has 1 fully saturated rings. The summed E-state index contributed by atoms with van der Waals surface area (Å²) in [5, 5.41) is 3.32. The molecule has 3 N–H and O–H groups in total. The summed E-state index contributed by atoms with van der Waals surface area (Å²) in [7, 11) is 0. The Bertz CT molecular complexity index is 279. The molecule has 84 valence electrons. The molecule has 0 atom stereocenters. The molecule has 1 aliphatic heterocycles. The van der Waals surface area contributed by atoms with Gasteiger partial charge in [-0.05, 0) is 25.0 Å². The molecule has 0 bridgehead atoms. The van der Waals surface area contributed by atoms with Crippen LogP contribution in [0.1, 0.15) is 18.6 Å². The minimum atomic E-state index is -0.106. The zero-order chi connectivity index (χ0) is 10.6. The van der Waals surface area contributed by atoms with Gasteiger partial charge in [0.1, 0.15) is 5.76 Å². The minimum absolute atomic E-state index is 0.106. The summed E-state index contributed by atoms with van der Waals surface area (Å²) in [6.45, 7) is 3.11. The molecule has 1 saturated heterocycles. The highest BCUT2D eigenvalue weighted by Gasteiger charge is 2.27. The van der Waals surface area contributed by atoms with Gasteiger partial charge in [0.15, 0.2) is 0 Å². The van der Waals surface area contributed by atoms with E-state index >= 15 is 0 Å². The summed E-state index contributed by atoms with van der Waals surface area (Å²) in [6, 6.07) is 3.85. The van der Waals surface area contributed by atoms with Crippen LogP contribution in [0.3, 0.4) is 0 Å². The van der Waals surface area contributed by atoms with Gasteiger partial charge in [0.25, 0.3) is 0 Å². The summed E-state index contributed by atoms with van der Waals surface area (Å²) >= 11 is 0.